The van der Waals surface area contributed by atoms with Gasteiger partial charge in [0.2, 0.25) is 5.91 Å². The molecule has 2 aliphatic heterocycles. The number of hydrogen-bond donors (Lipinski definition) is 0. The number of likely N-dealkylation sites (tertiary alicyclic amines) is 1. The molecule has 0 aliphatic carbocycles. The van der Waals surface area contributed by atoms with Crippen LogP contribution >= 0.6 is 0 Å². The Balaban J connectivity index is 1.59. The highest BCUT2D eigenvalue weighted by Gasteiger charge is 2.43. The summed E-state index contributed by atoms with van der Waals surface area (Å²) in [4.78, 5) is 28.1. The van der Waals surface area contributed by atoms with E-state index in [9.17, 15) is 9.59 Å². The smallest absolute Gasteiger partial charge is 0.410 e. The van der Waals surface area contributed by atoms with Gasteiger partial charge in [-0.05, 0) is 39.2 Å². The van der Waals surface area contributed by atoms with Crippen molar-refractivity contribution in [2.24, 2.45) is 0 Å². The first kappa shape index (κ1) is 18.7. The van der Waals surface area contributed by atoms with Crippen molar-refractivity contribution >= 4 is 12.0 Å². The van der Waals surface area contributed by atoms with E-state index < -0.39 is 5.60 Å². The highest BCUT2D eigenvalue weighted by Crippen LogP contribution is 2.31. The number of morpholine rings is 1. The van der Waals surface area contributed by atoms with E-state index in [0.717, 1.165) is 5.56 Å². The van der Waals surface area contributed by atoms with Gasteiger partial charge in [-0.3, -0.25) is 4.79 Å². The van der Waals surface area contributed by atoms with E-state index in [0.29, 0.717) is 39.0 Å². The van der Waals surface area contributed by atoms with Crippen molar-refractivity contribution in [3.05, 3.63) is 35.9 Å². The van der Waals surface area contributed by atoms with Gasteiger partial charge in [-0.1, -0.05) is 30.3 Å². The Labute approximate surface area is 155 Å². The van der Waals surface area contributed by atoms with Gasteiger partial charge in [0.15, 0.2) is 0 Å². The molecule has 26 heavy (non-hydrogen) atoms. The van der Waals surface area contributed by atoms with Crippen molar-refractivity contribution in [3.63, 3.8) is 0 Å². The highest BCUT2D eigenvalue weighted by atomic mass is 16.6. The molecule has 0 bridgehead atoms. The van der Waals surface area contributed by atoms with Crippen molar-refractivity contribution in [1.82, 2.24) is 9.80 Å². The fourth-order valence-electron chi connectivity index (χ4n) is 3.46. The molecular weight excluding hydrogens is 332 g/mol. The van der Waals surface area contributed by atoms with E-state index in [1.807, 2.05) is 56.0 Å². The summed E-state index contributed by atoms with van der Waals surface area (Å²) < 4.78 is 11.4. The zero-order chi connectivity index (χ0) is 18.8. The maximum absolute atomic E-state index is 12.3. The van der Waals surface area contributed by atoms with Crippen molar-refractivity contribution in [2.75, 3.05) is 26.2 Å². The van der Waals surface area contributed by atoms with Crippen LogP contribution < -0.4 is 0 Å². The second-order valence-electron chi connectivity index (χ2n) is 8.17. The van der Waals surface area contributed by atoms with E-state index >= 15 is 0 Å². The van der Waals surface area contributed by atoms with Gasteiger partial charge < -0.3 is 19.3 Å². The summed E-state index contributed by atoms with van der Waals surface area (Å²) >= 11 is 0. The normalized spacial score (nSPS) is 20.3. The number of carbonyl (C=O) groups excluding carboxylic acids is 2. The van der Waals surface area contributed by atoms with Crippen LogP contribution in [-0.4, -0.2) is 59.2 Å². The average Bonchev–Trinajstić information content (AvgIpc) is 2.58. The first-order valence-corrected chi connectivity index (χ1v) is 9.20. The zero-order valence-electron chi connectivity index (χ0n) is 15.9. The Morgan fingerprint density at radius 1 is 1.19 bits per heavy atom. The van der Waals surface area contributed by atoms with Crippen molar-refractivity contribution in [2.45, 2.75) is 51.4 Å². The molecule has 6 nitrogen and oxygen atoms in total. The molecule has 1 spiro atoms. The standard InChI is InChI=1S/C20H28N2O4/c1-19(2,3)26-18(24)21-11-9-20(10-12-21)15-22(17(23)14-25-20)13-16-7-5-4-6-8-16/h4-8H,9-15H2,1-3H3. The molecule has 3 rings (SSSR count). The fourth-order valence-corrected chi connectivity index (χ4v) is 3.46. The monoisotopic (exact) mass is 360 g/mol. The van der Waals surface area contributed by atoms with E-state index in [1.54, 1.807) is 4.90 Å². The largest absolute Gasteiger partial charge is 0.444 e. The Morgan fingerprint density at radius 3 is 2.46 bits per heavy atom. The third-order valence-electron chi connectivity index (χ3n) is 4.88. The molecule has 0 saturated carbocycles. The Hall–Kier alpha value is -2.08. The molecule has 2 aliphatic rings. The summed E-state index contributed by atoms with van der Waals surface area (Å²) in [6.45, 7) is 8.06. The number of piperidine rings is 1. The van der Waals surface area contributed by atoms with Crippen LogP contribution in [0.4, 0.5) is 4.79 Å². The molecule has 2 fully saturated rings. The number of hydrogen-bond acceptors (Lipinski definition) is 4. The first-order chi connectivity index (χ1) is 12.3. The molecule has 2 heterocycles. The van der Waals surface area contributed by atoms with E-state index in [4.69, 9.17) is 9.47 Å². The molecular formula is C20H28N2O4. The Kier molecular flexibility index (Phi) is 5.23. The van der Waals surface area contributed by atoms with Crippen LogP contribution in [0.15, 0.2) is 30.3 Å². The second kappa shape index (κ2) is 7.27. The zero-order valence-corrected chi connectivity index (χ0v) is 15.9. The molecule has 2 amide bonds. The molecule has 0 atom stereocenters. The third kappa shape index (κ3) is 4.55. The number of nitrogens with zero attached hydrogens (tertiary/aromatic N) is 2. The topological polar surface area (TPSA) is 59.1 Å². The first-order valence-electron chi connectivity index (χ1n) is 9.20. The molecule has 6 heteroatoms. The molecule has 0 aromatic heterocycles. The minimum atomic E-state index is -0.494. The van der Waals surface area contributed by atoms with Gasteiger partial charge in [0.25, 0.3) is 0 Å². The summed E-state index contributed by atoms with van der Waals surface area (Å²) in [5, 5.41) is 0. The van der Waals surface area contributed by atoms with Gasteiger partial charge in [-0.15, -0.1) is 0 Å². The summed E-state index contributed by atoms with van der Waals surface area (Å²) in [6.07, 6.45) is 1.15. The van der Waals surface area contributed by atoms with Gasteiger partial charge in [-0.25, -0.2) is 4.79 Å². The highest BCUT2D eigenvalue weighted by molar-refractivity contribution is 5.78. The lowest BCUT2D eigenvalue weighted by molar-refractivity contribution is -0.172. The molecule has 0 unspecified atom stereocenters. The van der Waals surface area contributed by atoms with Crippen molar-refractivity contribution < 1.29 is 19.1 Å². The van der Waals surface area contributed by atoms with Gasteiger partial charge in [0, 0.05) is 19.6 Å². The lowest BCUT2D eigenvalue weighted by Crippen LogP contribution is -2.59. The fraction of sp³-hybridized carbons (Fsp3) is 0.600. The molecule has 1 aromatic carbocycles. The predicted molar refractivity (Wildman–Crippen MR) is 97.6 cm³/mol. The number of amides is 2. The summed E-state index contributed by atoms with van der Waals surface area (Å²) in [6, 6.07) is 9.99. The maximum atomic E-state index is 12.3. The molecule has 142 valence electrons. The molecule has 2 saturated heterocycles. The summed E-state index contributed by atoms with van der Waals surface area (Å²) in [7, 11) is 0. The third-order valence-corrected chi connectivity index (χ3v) is 4.88. The minimum Gasteiger partial charge on any atom is -0.444 e. The van der Waals surface area contributed by atoms with Crippen molar-refractivity contribution in [3.8, 4) is 0 Å². The number of ether oxygens (including phenoxy) is 2. The van der Waals surface area contributed by atoms with Crippen LogP contribution in [0.5, 0.6) is 0 Å². The van der Waals surface area contributed by atoms with Gasteiger partial charge in [0.05, 0.1) is 12.1 Å². The lowest BCUT2D eigenvalue weighted by atomic mass is 9.89. The SMILES string of the molecule is CC(C)(C)OC(=O)N1CCC2(CC1)CN(Cc1ccccc1)C(=O)CO2. The average molecular weight is 360 g/mol. The van der Waals surface area contributed by atoms with E-state index in [2.05, 4.69) is 0 Å². The van der Waals surface area contributed by atoms with Crippen LogP contribution in [-0.2, 0) is 20.8 Å². The van der Waals surface area contributed by atoms with E-state index in [1.165, 1.54) is 0 Å². The van der Waals surface area contributed by atoms with Crippen LogP contribution in [0.1, 0.15) is 39.2 Å². The van der Waals surface area contributed by atoms with Gasteiger partial charge in [-0.2, -0.15) is 0 Å². The van der Waals surface area contributed by atoms with Crippen LogP contribution in [0, 0.1) is 0 Å². The summed E-state index contributed by atoms with van der Waals surface area (Å²) in [5.41, 5.74) is 0.261. The Bertz CT molecular complexity index is 646. The van der Waals surface area contributed by atoms with Gasteiger partial charge >= 0.3 is 6.09 Å². The number of rotatable bonds is 2. The predicted octanol–water partition coefficient (Wildman–Crippen LogP) is 2.82. The van der Waals surface area contributed by atoms with E-state index in [-0.39, 0.29) is 24.2 Å². The molecule has 0 radical (unpaired) electrons. The minimum absolute atomic E-state index is 0.0223. The lowest BCUT2D eigenvalue weighted by Gasteiger charge is -2.47. The molecule has 1 aromatic rings. The van der Waals surface area contributed by atoms with Crippen LogP contribution in [0.3, 0.4) is 0 Å². The van der Waals surface area contributed by atoms with Gasteiger partial charge in [0.1, 0.15) is 12.2 Å². The Morgan fingerprint density at radius 2 is 1.85 bits per heavy atom. The summed E-state index contributed by atoms with van der Waals surface area (Å²) in [5.74, 6) is 0.0223. The van der Waals surface area contributed by atoms with Crippen LogP contribution in [0.2, 0.25) is 0 Å². The molecule has 0 N–H and O–H groups in total. The second-order valence-corrected chi connectivity index (χ2v) is 8.17. The van der Waals surface area contributed by atoms with Crippen LogP contribution in [0.25, 0.3) is 0 Å². The maximum Gasteiger partial charge on any atom is 0.410 e. The van der Waals surface area contributed by atoms with Crippen molar-refractivity contribution in [1.29, 1.82) is 0 Å². The quantitative estimate of drug-likeness (QED) is 0.814. The number of carbonyl (C=O) groups is 2. The number of benzene rings is 1.